The van der Waals surface area contributed by atoms with Crippen LogP contribution in [0.1, 0.15) is 19.4 Å². The van der Waals surface area contributed by atoms with Gasteiger partial charge in [0.05, 0.1) is 12.4 Å². The van der Waals surface area contributed by atoms with Crippen molar-refractivity contribution in [1.29, 1.82) is 0 Å². The summed E-state index contributed by atoms with van der Waals surface area (Å²) >= 11 is 0. The zero-order chi connectivity index (χ0) is 17.4. The number of hydrogen-bond donors (Lipinski definition) is 1. The summed E-state index contributed by atoms with van der Waals surface area (Å²) in [5, 5.41) is 0. The van der Waals surface area contributed by atoms with Crippen LogP contribution in [0.4, 0.5) is 0 Å². The first-order chi connectivity index (χ1) is 11.3. The van der Waals surface area contributed by atoms with Crippen molar-refractivity contribution in [3.8, 4) is 0 Å². The molecule has 2 heterocycles. The number of rotatable bonds is 5. The Kier molecular flexibility index (Phi) is 4.96. The van der Waals surface area contributed by atoms with Crippen LogP contribution in [-0.4, -0.2) is 52.5 Å². The maximum Gasteiger partial charge on any atom is 0.216 e. The highest BCUT2D eigenvalue weighted by atomic mass is 32.2. The second-order valence-corrected chi connectivity index (χ2v) is 8.21. The van der Waals surface area contributed by atoms with Crippen LogP contribution < -0.4 is 4.72 Å². The van der Waals surface area contributed by atoms with Crippen molar-refractivity contribution in [2.45, 2.75) is 49.9 Å². The first kappa shape index (κ1) is 17.8. The molecule has 134 valence electrons. The van der Waals surface area contributed by atoms with Gasteiger partial charge in [-0.15, -0.1) is 0 Å². The van der Waals surface area contributed by atoms with E-state index in [2.05, 4.69) is 4.72 Å². The van der Waals surface area contributed by atoms with Crippen molar-refractivity contribution in [3.63, 3.8) is 0 Å². The normalized spacial score (nSPS) is 32.5. The van der Waals surface area contributed by atoms with Gasteiger partial charge in [-0.1, -0.05) is 30.3 Å². The summed E-state index contributed by atoms with van der Waals surface area (Å²) in [6.45, 7) is 3.91. The van der Waals surface area contributed by atoms with Crippen LogP contribution in [0.15, 0.2) is 30.3 Å². The molecule has 1 aromatic carbocycles. The summed E-state index contributed by atoms with van der Waals surface area (Å²) in [7, 11) is -2.10. The van der Waals surface area contributed by atoms with Gasteiger partial charge < -0.3 is 18.9 Å². The molecular formula is C16H23NO6S. The minimum absolute atomic E-state index is 0.113. The zero-order valence-corrected chi connectivity index (χ0v) is 14.8. The van der Waals surface area contributed by atoms with E-state index in [1.54, 1.807) is 26.0 Å². The molecule has 0 radical (unpaired) electrons. The fourth-order valence-corrected chi connectivity index (χ4v) is 4.39. The summed E-state index contributed by atoms with van der Waals surface area (Å²) in [4.78, 5) is 0. The predicted octanol–water partition coefficient (Wildman–Crippen LogP) is 0.997. The van der Waals surface area contributed by atoms with Gasteiger partial charge in [0.2, 0.25) is 10.0 Å². The molecule has 2 aliphatic heterocycles. The van der Waals surface area contributed by atoms with Crippen molar-refractivity contribution in [2.75, 3.05) is 13.7 Å². The highest BCUT2D eigenvalue weighted by molar-refractivity contribution is 7.88. The molecule has 0 aromatic heterocycles. The van der Waals surface area contributed by atoms with E-state index in [0.717, 1.165) is 0 Å². The maximum absolute atomic E-state index is 12.5. The molecule has 24 heavy (non-hydrogen) atoms. The van der Waals surface area contributed by atoms with E-state index in [-0.39, 0.29) is 11.9 Å². The van der Waals surface area contributed by atoms with Gasteiger partial charge >= 0.3 is 0 Å². The molecule has 4 atom stereocenters. The lowest BCUT2D eigenvalue weighted by Gasteiger charge is -2.38. The molecule has 0 aliphatic carbocycles. The Hall–Kier alpha value is -1.03. The van der Waals surface area contributed by atoms with Crippen molar-refractivity contribution in [2.24, 2.45) is 0 Å². The van der Waals surface area contributed by atoms with E-state index in [1.165, 1.54) is 7.11 Å². The molecular weight excluding hydrogens is 334 g/mol. The molecule has 2 aliphatic rings. The molecule has 1 aromatic rings. The van der Waals surface area contributed by atoms with Gasteiger partial charge in [-0.05, 0) is 19.4 Å². The third kappa shape index (κ3) is 3.96. The van der Waals surface area contributed by atoms with Crippen LogP contribution in [0.5, 0.6) is 0 Å². The van der Waals surface area contributed by atoms with Crippen molar-refractivity contribution in [3.05, 3.63) is 35.9 Å². The van der Waals surface area contributed by atoms with Crippen LogP contribution >= 0.6 is 0 Å². The molecule has 8 heteroatoms. The molecule has 7 nitrogen and oxygen atoms in total. The fourth-order valence-electron chi connectivity index (χ4n) is 3.02. The number of benzene rings is 1. The van der Waals surface area contributed by atoms with E-state index < -0.39 is 34.2 Å². The molecule has 0 unspecified atom stereocenters. The highest BCUT2D eigenvalue weighted by Gasteiger charge is 2.52. The molecule has 2 fully saturated rings. The second kappa shape index (κ2) is 6.70. The first-order valence-electron chi connectivity index (χ1n) is 7.84. The highest BCUT2D eigenvalue weighted by Crippen LogP contribution is 2.33. The number of hydrogen-bond acceptors (Lipinski definition) is 6. The van der Waals surface area contributed by atoms with E-state index in [0.29, 0.717) is 12.2 Å². The topological polar surface area (TPSA) is 83.1 Å². The van der Waals surface area contributed by atoms with Crippen LogP contribution in [0.25, 0.3) is 0 Å². The number of sulfonamides is 1. The lowest BCUT2D eigenvalue weighted by Crippen LogP contribution is -2.55. The fraction of sp³-hybridized carbons (Fsp3) is 0.625. The molecule has 0 saturated carbocycles. The second-order valence-electron chi connectivity index (χ2n) is 6.46. The number of fused-ring (bicyclic) bond motifs is 1. The lowest BCUT2D eigenvalue weighted by molar-refractivity contribution is -0.296. The SMILES string of the molecule is CO[C@@H]1O[C@H]2COC(C)(C)O[C@@H]2[C@@H]1NS(=O)(=O)Cc1ccccc1. The van der Waals surface area contributed by atoms with Crippen molar-refractivity contribution in [1.82, 2.24) is 4.72 Å². The van der Waals surface area contributed by atoms with Gasteiger partial charge in [-0.3, -0.25) is 0 Å². The average molecular weight is 357 g/mol. The average Bonchev–Trinajstić information content (AvgIpc) is 2.83. The Morgan fingerprint density at radius 2 is 2.00 bits per heavy atom. The third-order valence-electron chi connectivity index (χ3n) is 4.09. The quantitative estimate of drug-likeness (QED) is 0.846. The Morgan fingerprint density at radius 3 is 2.67 bits per heavy atom. The zero-order valence-electron chi connectivity index (χ0n) is 14.0. The van der Waals surface area contributed by atoms with Crippen LogP contribution in [0.2, 0.25) is 0 Å². The Bertz CT molecular complexity index is 662. The van der Waals surface area contributed by atoms with Gasteiger partial charge in [0.1, 0.15) is 18.2 Å². The van der Waals surface area contributed by atoms with Gasteiger partial charge in [0.15, 0.2) is 12.1 Å². The Labute approximate surface area is 142 Å². The molecule has 3 rings (SSSR count). The van der Waals surface area contributed by atoms with Gasteiger partial charge in [-0.25, -0.2) is 13.1 Å². The summed E-state index contributed by atoms with van der Waals surface area (Å²) in [6, 6.07) is 8.38. The summed E-state index contributed by atoms with van der Waals surface area (Å²) in [5.74, 6) is -0.908. The van der Waals surface area contributed by atoms with Crippen molar-refractivity contribution < 1.29 is 27.4 Å². The van der Waals surface area contributed by atoms with Crippen LogP contribution in [0.3, 0.4) is 0 Å². The van der Waals surface area contributed by atoms with E-state index in [4.69, 9.17) is 18.9 Å². The number of nitrogens with one attached hydrogen (secondary N) is 1. The minimum Gasteiger partial charge on any atom is -0.354 e. The first-order valence-corrected chi connectivity index (χ1v) is 9.49. The Balaban J connectivity index is 1.76. The van der Waals surface area contributed by atoms with Gasteiger partial charge in [-0.2, -0.15) is 0 Å². The van der Waals surface area contributed by atoms with Gasteiger partial charge in [0, 0.05) is 7.11 Å². The largest absolute Gasteiger partial charge is 0.354 e. The predicted molar refractivity (Wildman–Crippen MR) is 86.6 cm³/mol. The summed E-state index contributed by atoms with van der Waals surface area (Å²) < 4.78 is 50.2. The van der Waals surface area contributed by atoms with E-state index in [9.17, 15) is 8.42 Å². The summed E-state index contributed by atoms with van der Waals surface area (Å²) in [6.07, 6.45) is -1.56. The van der Waals surface area contributed by atoms with Crippen LogP contribution in [-0.2, 0) is 34.7 Å². The van der Waals surface area contributed by atoms with E-state index in [1.807, 2.05) is 18.2 Å². The maximum atomic E-state index is 12.5. The van der Waals surface area contributed by atoms with Crippen LogP contribution in [0, 0.1) is 0 Å². The number of ether oxygens (including phenoxy) is 4. The number of methoxy groups -OCH3 is 1. The van der Waals surface area contributed by atoms with Crippen molar-refractivity contribution >= 4 is 10.0 Å². The molecule has 0 amide bonds. The monoisotopic (exact) mass is 357 g/mol. The molecule has 2 saturated heterocycles. The minimum atomic E-state index is -3.58. The van der Waals surface area contributed by atoms with E-state index >= 15 is 0 Å². The molecule has 0 spiro atoms. The Morgan fingerprint density at radius 1 is 1.29 bits per heavy atom. The smallest absolute Gasteiger partial charge is 0.216 e. The standard InChI is InChI=1S/C16H23NO6S/c1-16(2)21-9-12-14(23-16)13(15(20-3)22-12)17-24(18,19)10-11-7-5-4-6-8-11/h4-8,12-15,17H,9-10H2,1-3H3/t12-,13-,14-,15+/m0/s1. The molecule has 1 N–H and O–H groups in total. The molecule has 0 bridgehead atoms. The van der Waals surface area contributed by atoms with Gasteiger partial charge in [0.25, 0.3) is 0 Å². The third-order valence-corrected chi connectivity index (χ3v) is 5.43. The lowest BCUT2D eigenvalue weighted by atomic mass is 10.1. The summed E-state index contributed by atoms with van der Waals surface area (Å²) in [5.41, 5.74) is 0.711.